The maximum absolute atomic E-state index is 10.3. The number of carbonyl (C=O) groups is 2. The molecule has 0 bridgehead atoms. The molecule has 0 saturated heterocycles. The average Bonchev–Trinajstić information content (AvgIpc) is 2.97. The van der Waals surface area contributed by atoms with Crippen LogP contribution in [0.3, 0.4) is 0 Å². The molecule has 2 N–H and O–H groups in total. The monoisotopic (exact) mass is 582 g/mol. The number of allylic oxidation sites excluding steroid dienone is 13. The van der Waals surface area contributed by atoms with Crippen LogP contribution in [-0.2, 0) is 9.59 Å². The van der Waals surface area contributed by atoms with Crippen molar-refractivity contribution in [1.29, 1.82) is 0 Å². The zero-order chi connectivity index (χ0) is 31.2. The normalized spacial score (nSPS) is 12.2. The minimum atomic E-state index is -0.931. The molecule has 0 aliphatic rings. The number of carboxylic acid groups (broad SMARTS) is 2. The Hall–Kier alpha value is -2.88. The van der Waals surface area contributed by atoms with Gasteiger partial charge in [-0.25, -0.2) is 4.79 Å². The van der Waals surface area contributed by atoms with E-state index in [4.69, 9.17) is 10.2 Å². The highest BCUT2D eigenvalue weighted by Gasteiger charge is 1.95. The highest BCUT2D eigenvalue weighted by molar-refractivity contribution is 5.80. The first-order chi connectivity index (χ1) is 20.5. The summed E-state index contributed by atoms with van der Waals surface area (Å²) in [5.74, 6) is -1.60. The predicted octanol–water partition coefficient (Wildman–Crippen LogP) is 11.9. The second kappa shape index (κ2) is 38.1. The molecule has 0 fully saturated rings. The highest BCUT2D eigenvalue weighted by atomic mass is 16.4. The van der Waals surface area contributed by atoms with E-state index in [-0.39, 0.29) is 0 Å². The third-order valence-corrected chi connectivity index (χ3v) is 6.47. The van der Waals surface area contributed by atoms with E-state index in [1.165, 1.54) is 96.0 Å². The predicted molar refractivity (Wildman–Crippen MR) is 183 cm³/mol. The van der Waals surface area contributed by atoms with Crippen molar-refractivity contribution in [3.05, 3.63) is 85.1 Å². The Morgan fingerprint density at radius 3 is 1.38 bits per heavy atom. The molecule has 0 aromatic carbocycles. The van der Waals surface area contributed by atoms with Crippen LogP contribution >= 0.6 is 0 Å². The van der Waals surface area contributed by atoms with Crippen LogP contribution in [0.1, 0.15) is 142 Å². The summed E-state index contributed by atoms with van der Waals surface area (Å²) in [5.41, 5.74) is 0. The second-order valence-corrected chi connectivity index (χ2v) is 10.6. The second-order valence-electron chi connectivity index (χ2n) is 10.6. The first-order valence-electron chi connectivity index (χ1n) is 16.6. The van der Waals surface area contributed by atoms with E-state index in [0.717, 1.165) is 38.2 Å². The maximum atomic E-state index is 10.3. The van der Waals surface area contributed by atoms with Crippen molar-refractivity contribution >= 4 is 11.9 Å². The van der Waals surface area contributed by atoms with Crippen LogP contribution in [0.15, 0.2) is 85.1 Å². The lowest BCUT2D eigenvalue weighted by atomic mass is 10.1. The van der Waals surface area contributed by atoms with Crippen molar-refractivity contribution in [2.75, 3.05) is 0 Å². The molecule has 0 radical (unpaired) electrons. The molecule has 238 valence electrons. The van der Waals surface area contributed by atoms with E-state index in [0.29, 0.717) is 6.42 Å². The zero-order valence-electron chi connectivity index (χ0n) is 26.9. The molecular weight excluding hydrogens is 520 g/mol. The van der Waals surface area contributed by atoms with E-state index in [9.17, 15) is 9.59 Å². The molecule has 4 nitrogen and oxygen atoms in total. The summed E-state index contributed by atoms with van der Waals surface area (Å²) in [4.78, 5) is 20.5. The molecular formula is C38H62O4. The zero-order valence-corrected chi connectivity index (χ0v) is 26.9. The lowest BCUT2D eigenvalue weighted by molar-refractivity contribution is -0.137. The summed E-state index contributed by atoms with van der Waals surface area (Å²) in [5, 5.41) is 16.9. The number of aliphatic carboxylic acids is 2. The molecule has 0 amide bonds. The lowest BCUT2D eigenvalue weighted by Gasteiger charge is -1.98. The van der Waals surface area contributed by atoms with Gasteiger partial charge < -0.3 is 10.2 Å². The summed E-state index contributed by atoms with van der Waals surface area (Å²) >= 11 is 0. The number of hydrogen-bond acceptors (Lipinski definition) is 2. The fourth-order valence-electron chi connectivity index (χ4n) is 4.00. The molecule has 42 heavy (non-hydrogen) atoms. The van der Waals surface area contributed by atoms with E-state index in [2.05, 4.69) is 50.3 Å². The fourth-order valence-corrected chi connectivity index (χ4v) is 4.00. The minimum Gasteiger partial charge on any atom is -0.481 e. The van der Waals surface area contributed by atoms with E-state index in [1.54, 1.807) is 12.2 Å². The first-order valence-corrected chi connectivity index (χ1v) is 16.6. The molecule has 0 aromatic heterocycles. The summed E-state index contributed by atoms with van der Waals surface area (Å²) in [6.45, 7) is 4.49. The van der Waals surface area contributed by atoms with Gasteiger partial charge in [-0.15, -0.1) is 0 Å². The Morgan fingerprint density at radius 2 is 0.857 bits per heavy atom. The average molecular weight is 583 g/mol. The van der Waals surface area contributed by atoms with Crippen LogP contribution in [0.2, 0.25) is 0 Å². The molecule has 0 saturated carbocycles. The molecule has 0 spiro atoms. The van der Waals surface area contributed by atoms with Gasteiger partial charge in [-0.1, -0.05) is 163 Å². The summed E-state index contributed by atoms with van der Waals surface area (Å²) < 4.78 is 0. The highest BCUT2D eigenvalue weighted by Crippen LogP contribution is 2.09. The lowest BCUT2D eigenvalue weighted by Crippen LogP contribution is -1.93. The van der Waals surface area contributed by atoms with Crippen molar-refractivity contribution in [2.24, 2.45) is 0 Å². The van der Waals surface area contributed by atoms with Gasteiger partial charge >= 0.3 is 11.9 Å². The summed E-state index contributed by atoms with van der Waals surface area (Å²) in [6.07, 6.45) is 51.0. The van der Waals surface area contributed by atoms with E-state index >= 15 is 0 Å². The summed E-state index contributed by atoms with van der Waals surface area (Å²) in [7, 11) is 0. The Balaban J connectivity index is 0. The van der Waals surface area contributed by atoms with Crippen LogP contribution in [0.5, 0.6) is 0 Å². The van der Waals surface area contributed by atoms with Gasteiger partial charge in [-0.3, -0.25) is 4.79 Å². The molecule has 0 unspecified atom stereocenters. The van der Waals surface area contributed by atoms with Gasteiger partial charge in [-0.05, 0) is 51.4 Å². The first kappa shape index (κ1) is 41.3. The standard InChI is InChI=1S/C20H30O2.C18H32O2/c1-2-3-4-5-6-7-8-9-10-11-12-13-14-15-16-17-18-19-20(21)22;1-2-3-4-5-6-7-8-9-10-11-12-13-14-15-16-17-18(19)20/h10-19H,2-9H2,1H3,(H,21,22);6-7,9-10H,2-5,8,11-17H2,1H3,(H,19,20)/b;7-6-,10-9-. The molecule has 0 aliphatic heterocycles. The number of carboxylic acids is 2. The molecule has 0 heterocycles. The van der Waals surface area contributed by atoms with Gasteiger partial charge in [0.15, 0.2) is 0 Å². The van der Waals surface area contributed by atoms with E-state index < -0.39 is 11.9 Å². The molecule has 0 aromatic rings. The number of unbranched alkanes of at least 4 members (excludes halogenated alkanes) is 15. The SMILES string of the molecule is CCCCC/C=C\C/C=C\CCCCCCCC(=O)O.CCCCCCCCCC=CC=CC=CC=CC=CC(=O)O. The topological polar surface area (TPSA) is 74.6 Å². The van der Waals surface area contributed by atoms with Gasteiger partial charge in [0.2, 0.25) is 0 Å². The van der Waals surface area contributed by atoms with Crippen LogP contribution in [0.25, 0.3) is 0 Å². The Kier molecular flexibility index (Phi) is 37.4. The number of rotatable bonds is 27. The fraction of sp³-hybridized carbons (Fsp3) is 0.579. The Bertz CT molecular complexity index is 796. The van der Waals surface area contributed by atoms with E-state index in [1.807, 2.05) is 24.3 Å². The van der Waals surface area contributed by atoms with Crippen molar-refractivity contribution in [2.45, 2.75) is 142 Å². The third-order valence-electron chi connectivity index (χ3n) is 6.47. The Morgan fingerprint density at radius 1 is 0.452 bits per heavy atom. The van der Waals surface area contributed by atoms with Crippen molar-refractivity contribution in [3.8, 4) is 0 Å². The third kappa shape index (κ3) is 44.1. The van der Waals surface area contributed by atoms with Gasteiger partial charge in [-0.2, -0.15) is 0 Å². The van der Waals surface area contributed by atoms with Gasteiger partial charge in [0.25, 0.3) is 0 Å². The van der Waals surface area contributed by atoms with Crippen molar-refractivity contribution < 1.29 is 19.8 Å². The van der Waals surface area contributed by atoms with Crippen molar-refractivity contribution in [1.82, 2.24) is 0 Å². The van der Waals surface area contributed by atoms with Gasteiger partial charge in [0.1, 0.15) is 0 Å². The molecule has 4 heteroatoms. The maximum Gasteiger partial charge on any atom is 0.328 e. The molecule has 0 atom stereocenters. The largest absolute Gasteiger partial charge is 0.481 e. The van der Waals surface area contributed by atoms with Crippen molar-refractivity contribution in [3.63, 3.8) is 0 Å². The van der Waals surface area contributed by atoms with Gasteiger partial charge in [0, 0.05) is 12.5 Å². The van der Waals surface area contributed by atoms with Crippen LogP contribution < -0.4 is 0 Å². The summed E-state index contributed by atoms with van der Waals surface area (Å²) in [6, 6.07) is 0. The number of hydrogen-bond donors (Lipinski definition) is 2. The quantitative estimate of drug-likeness (QED) is 0.0437. The smallest absolute Gasteiger partial charge is 0.328 e. The molecule has 0 aliphatic carbocycles. The molecule has 0 rings (SSSR count). The Labute approximate surface area is 258 Å². The van der Waals surface area contributed by atoms with Crippen LogP contribution in [-0.4, -0.2) is 22.2 Å². The van der Waals surface area contributed by atoms with Crippen LogP contribution in [0, 0.1) is 0 Å². The van der Waals surface area contributed by atoms with Crippen LogP contribution in [0.4, 0.5) is 0 Å². The van der Waals surface area contributed by atoms with Gasteiger partial charge in [0.05, 0.1) is 0 Å². The minimum absolute atomic E-state index is 0.324.